The molecule has 0 saturated carbocycles. The molecule has 3 rings (SSSR count). The minimum absolute atomic E-state index is 0.0814. The Labute approximate surface area is 174 Å². The van der Waals surface area contributed by atoms with Crippen LogP contribution in [0.25, 0.3) is 10.8 Å². The zero-order valence-corrected chi connectivity index (χ0v) is 18.2. The predicted octanol–water partition coefficient (Wildman–Crippen LogP) is 4.17. The van der Waals surface area contributed by atoms with Gasteiger partial charge in [0, 0.05) is 49.7 Å². The second kappa shape index (κ2) is 10.1. The lowest BCUT2D eigenvalue weighted by Gasteiger charge is -2.37. The van der Waals surface area contributed by atoms with E-state index in [9.17, 15) is 4.79 Å². The van der Waals surface area contributed by atoms with Crippen molar-refractivity contribution in [1.29, 1.82) is 0 Å². The fraction of sp³-hybridized carbons (Fsp3) is 0.542. The number of amides is 1. The van der Waals surface area contributed by atoms with Gasteiger partial charge in [-0.2, -0.15) is 0 Å². The molecule has 2 aromatic rings. The smallest absolute Gasteiger partial charge is 0.254 e. The summed E-state index contributed by atoms with van der Waals surface area (Å²) in [5.74, 6) is 0.856. The molecule has 0 aliphatic carbocycles. The maximum atomic E-state index is 13.5. The molecular weight excluding hydrogens is 364 g/mol. The summed E-state index contributed by atoms with van der Waals surface area (Å²) in [5.41, 5.74) is 1.87. The molecule has 1 aliphatic rings. The summed E-state index contributed by atoms with van der Waals surface area (Å²) in [4.78, 5) is 15.6. The lowest BCUT2D eigenvalue weighted by atomic mass is 10.00. The number of carbonyl (C=O) groups excluding carboxylic acids is 1. The van der Waals surface area contributed by atoms with Crippen LogP contribution in [0.4, 0.5) is 0 Å². The fourth-order valence-electron chi connectivity index (χ4n) is 4.11. The van der Waals surface area contributed by atoms with Crippen LogP contribution in [0.5, 0.6) is 5.75 Å². The third-order valence-electron chi connectivity index (χ3n) is 5.52. The zero-order chi connectivity index (χ0) is 20.8. The van der Waals surface area contributed by atoms with E-state index in [1.807, 2.05) is 17.0 Å². The maximum Gasteiger partial charge on any atom is 0.254 e. The van der Waals surface area contributed by atoms with Crippen molar-refractivity contribution < 1.29 is 14.3 Å². The highest BCUT2D eigenvalue weighted by atomic mass is 16.5. The van der Waals surface area contributed by atoms with Gasteiger partial charge in [-0.3, -0.25) is 4.79 Å². The van der Waals surface area contributed by atoms with Crippen LogP contribution >= 0.6 is 0 Å². The predicted molar refractivity (Wildman–Crippen MR) is 118 cm³/mol. The average molecular weight is 399 g/mol. The topological polar surface area (TPSA) is 50.8 Å². The van der Waals surface area contributed by atoms with Gasteiger partial charge in [0.05, 0.1) is 6.61 Å². The Bertz CT molecular complexity index is 828. The van der Waals surface area contributed by atoms with Crippen LogP contribution in [0.15, 0.2) is 30.3 Å². The highest BCUT2D eigenvalue weighted by Crippen LogP contribution is 2.30. The van der Waals surface area contributed by atoms with Crippen LogP contribution < -0.4 is 10.1 Å². The molecule has 0 spiro atoms. The van der Waals surface area contributed by atoms with E-state index in [-0.39, 0.29) is 18.0 Å². The highest BCUT2D eigenvalue weighted by molar-refractivity contribution is 6.01. The molecule has 1 N–H and O–H groups in total. The van der Waals surface area contributed by atoms with Crippen molar-refractivity contribution in [3.8, 4) is 5.75 Å². The number of fused-ring (bicyclic) bond motifs is 1. The summed E-state index contributed by atoms with van der Waals surface area (Å²) in [6, 6.07) is 10.6. The van der Waals surface area contributed by atoms with Gasteiger partial charge < -0.3 is 19.7 Å². The van der Waals surface area contributed by atoms with Crippen molar-refractivity contribution in [1.82, 2.24) is 10.2 Å². The number of aryl methyl sites for hydroxylation is 1. The van der Waals surface area contributed by atoms with Gasteiger partial charge in [0.2, 0.25) is 0 Å². The summed E-state index contributed by atoms with van der Waals surface area (Å²) in [6.45, 7) is 9.38. The summed E-state index contributed by atoms with van der Waals surface area (Å²) < 4.78 is 11.2. The number of hydrogen-bond donors (Lipinski definition) is 1. The molecule has 0 unspecified atom stereocenters. The SMILES string of the molecule is COCCCOc1cc(C(=O)N(C(C)C)[C@@H]2CCCNC2)cc2ccc(C)cc12. The summed E-state index contributed by atoms with van der Waals surface area (Å²) in [6.07, 6.45) is 2.96. The molecule has 1 aliphatic heterocycles. The van der Waals surface area contributed by atoms with Crippen LogP contribution in [0.2, 0.25) is 0 Å². The minimum Gasteiger partial charge on any atom is -0.493 e. The third-order valence-corrected chi connectivity index (χ3v) is 5.52. The summed E-state index contributed by atoms with van der Waals surface area (Å²) >= 11 is 0. The van der Waals surface area contributed by atoms with Crippen molar-refractivity contribution in [3.63, 3.8) is 0 Å². The van der Waals surface area contributed by atoms with Gasteiger partial charge in [0.1, 0.15) is 5.75 Å². The summed E-state index contributed by atoms with van der Waals surface area (Å²) in [7, 11) is 1.69. The van der Waals surface area contributed by atoms with Gasteiger partial charge in [0.15, 0.2) is 0 Å². The van der Waals surface area contributed by atoms with Crippen LogP contribution in [-0.4, -0.2) is 56.3 Å². The van der Waals surface area contributed by atoms with E-state index in [1.54, 1.807) is 7.11 Å². The quantitative estimate of drug-likeness (QED) is 0.678. The largest absolute Gasteiger partial charge is 0.493 e. The minimum atomic E-state index is 0.0814. The Hall–Kier alpha value is -2.11. The number of rotatable bonds is 8. The molecule has 0 radical (unpaired) electrons. The molecule has 29 heavy (non-hydrogen) atoms. The van der Waals surface area contributed by atoms with Gasteiger partial charge in [-0.1, -0.05) is 17.7 Å². The number of piperidine rings is 1. The monoisotopic (exact) mass is 398 g/mol. The Kier molecular flexibility index (Phi) is 7.51. The molecule has 1 amide bonds. The molecule has 1 atom stereocenters. The third kappa shape index (κ3) is 5.28. The van der Waals surface area contributed by atoms with E-state index in [1.165, 1.54) is 5.56 Å². The Morgan fingerprint density at radius 2 is 2.07 bits per heavy atom. The molecule has 1 fully saturated rings. The second-order valence-electron chi connectivity index (χ2n) is 8.20. The van der Waals surface area contributed by atoms with E-state index in [2.05, 4.69) is 44.3 Å². The van der Waals surface area contributed by atoms with Crippen molar-refractivity contribution in [3.05, 3.63) is 41.5 Å². The van der Waals surface area contributed by atoms with Gasteiger partial charge in [-0.25, -0.2) is 0 Å². The normalized spacial score (nSPS) is 16.9. The van der Waals surface area contributed by atoms with Crippen molar-refractivity contribution in [2.75, 3.05) is 33.4 Å². The first-order chi connectivity index (χ1) is 14.0. The molecule has 1 saturated heterocycles. The van der Waals surface area contributed by atoms with E-state index in [0.29, 0.717) is 18.8 Å². The van der Waals surface area contributed by atoms with E-state index in [0.717, 1.165) is 48.9 Å². The number of carbonyl (C=O) groups is 1. The summed E-state index contributed by atoms with van der Waals surface area (Å²) in [5, 5.41) is 5.52. The number of nitrogens with zero attached hydrogens (tertiary/aromatic N) is 1. The second-order valence-corrected chi connectivity index (χ2v) is 8.20. The van der Waals surface area contributed by atoms with Crippen LogP contribution in [0.3, 0.4) is 0 Å². The standard InChI is InChI=1S/C24H34N2O3/c1-17(2)26(21-7-5-10-25-16-21)24(27)20-14-19-9-8-18(3)13-22(19)23(15-20)29-12-6-11-28-4/h8-9,13-15,17,21,25H,5-7,10-12,16H2,1-4H3/t21-/m1/s1. The van der Waals surface area contributed by atoms with Crippen molar-refractivity contribution >= 4 is 16.7 Å². The van der Waals surface area contributed by atoms with Crippen LogP contribution in [0, 0.1) is 6.92 Å². The van der Waals surface area contributed by atoms with Gasteiger partial charge >= 0.3 is 0 Å². The number of hydrogen-bond acceptors (Lipinski definition) is 4. The fourth-order valence-corrected chi connectivity index (χ4v) is 4.11. The van der Waals surface area contributed by atoms with Gasteiger partial charge in [0.25, 0.3) is 5.91 Å². The number of benzene rings is 2. The number of nitrogens with one attached hydrogen (secondary N) is 1. The average Bonchev–Trinajstić information content (AvgIpc) is 2.71. The maximum absolute atomic E-state index is 13.5. The molecule has 2 aromatic carbocycles. The molecule has 5 nitrogen and oxygen atoms in total. The molecule has 1 heterocycles. The number of ether oxygens (including phenoxy) is 2. The lowest BCUT2D eigenvalue weighted by molar-refractivity contribution is 0.0573. The van der Waals surface area contributed by atoms with Crippen molar-refractivity contribution in [2.45, 2.75) is 52.1 Å². The highest BCUT2D eigenvalue weighted by Gasteiger charge is 2.29. The first kappa shape index (κ1) is 21.6. The zero-order valence-electron chi connectivity index (χ0n) is 18.2. The molecule has 158 valence electrons. The first-order valence-electron chi connectivity index (χ1n) is 10.7. The first-order valence-corrected chi connectivity index (χ1v) is 10.7. The van der Waals surface area contributed by atoms with Gasteiger partial charge in [-0.15, -0.1) is 0 Å². The molecule has 0 aromatic heterocycles. The molecule has 5 heteroatoms. The Balaban J connectivity index is 1.94. The van der Waals surface area contributed by atoms with Crippen molar-refractivity contribution in [2.24, 2.45) is 0 Å². The Morgan fingerprint density at radius 3 is 2.76 bits per heavy atom. The van der Waals surface area contributed by atoms with E-state index >= 15 is 0 Å². The van der Waals surface area contributed by atoms with Crippen LogP contribution in [-0.2, 0) is 4.74 Å². The van der Waals surface area contributed by atoms with E-state index in [4.69, 9.17) is 9.47 Å². The lowest BCUT2D eigenvalue weighted by Crippen LogP contribution is -2.51. The van der Waals surface area contributed by atoms with Gasteiger partial charge in [-0.05, 0) is 63.7 Å². The molecular formula is C24H34N2O3. The van der Waals surface area contributed by atoms with E-state index < -0.39 is 0 Å². The Morgan fingerprint density at radius 1 is 1.24 bits per heavy atom. The molecule has 0 bridgehead atoms. The number of methoxy groups -OCH3 is 1. The van der Waals surface area contributed by atoms with Crippen LogP contribution in [0.1, 0.15) is 49.0 Å².